The van der Waals surface area contributed by atoms with Crippen LogP contribution in [0.5, 0.6) is 0 Å². The summed E-state index contributed by atoms with van der Waals surface area (Å²) in [6.45, 7) is 9.66. The van der Waals surface area contributed by atoms with Crippen LogP contribution in [0.1, 0.15) is 66.2 Å². The van der Waals surface area contributed by atoms with Gasteiger partial charge in [0.1, 0.15) is 4.88 Å². The second-order valence-electron chi connectivity index (χ2n) is 5.72. The summed E-state index contributed by atoms with van der Waals surface area (Å²) in [5, 5.41) is 7.92. The van der Waals surface area contributed by atoms with Crippen LogP contribution in [0.2, 0.25) is 0 Å². The number of amides is 1. The van der Waals surface area contributed by atoms with Gasteiger partial charge in [0.05, 0.1) is 16.2 Å². The largest absolute Gasteiger partial charge is 0.339 e. The molecule has 1 amide bonds. The predicted octanol–water partition coefficient (Wildman–Crippen LogP) is 3.01. The van der Waals surface area contributed by atoms with Gasteiger partial charge in [-0.25, -0.2) is 4.98 Å². The minimum atomic E-state index is -0.699. The van der Waals surface area contributed by atoms with Gasteiger partial charge in [-0.1, -0.05) is 19.0 Å². The van der Waals surface area contributed by atoms with E-state index in [4.69, 9.17) is 4.52 Å². The van der Waals surface area contributed by atoms with Crippen LogP contribution in [0.4, 0.5) is 0 Å². The number of nitrogens with one attached hydrogen (secondary N) is 1. The van der Waals surface area contributed by atoms with Crippen molar-refractivity contribution in [1.82, 2.24) is 20.4 Å². The minimum absolute atomic E-state index is 0.151. The summed E-state index contributed by atoms with van der Waals surface area (Å²) in [5.74, 6) is 0.936. The minimum Gasteiger partial charge on any atom is -0.339 e. The van der Waals surface area contributed by atoms with Gasteiger partial charge >= 0.3 is 0 Å². The molecule has 120 valence electrons. The van der Waals surface area contributed by atoms with Crippen LogP contribution in [-0.2, 0) is 18.4 Å². The Hall–Kier alpha value is -1.76. The quantitative estimate of drug-likeness (QED) is 0.884. The van der Waals surface area contributed by atoms with Crippen LogP contribution in [0, 0.1) is 6.92 Å². The zero-order chi connectivity index (χ0) is 16.3. The van der Waals surface area contributed by atoms with Gasteiger partial charge in [-0.05, 0) is 33.6 Å². The number of carbonyl (C=O) groups is 1. The molecule has 0 unspecified atom stereocenters. The van der Waals surface area contributed by atoms with Crippen molar-refractivity contribution in [3.63, 3.8) is 0 Å². The van der Waals surface area contributed by atoms with E-state index in [9.17, 15) is 4.79 Å². The fraction of sp³-hybridized carbons (Fsp3) is 0.600. The molecule has 0 aromatic carbocycles. The third-order valence-corrected chi connectivity index (χ3v) is 4.57. The molecule has 0 atom stereocenters. The third kappa shape index (κ3) is 3.52. The summed E-state index contributed by atoms with van der Waals surface area (Å²) in [6.07, 6.45) is 2.51. The van der Waals surface area contributed by atoms with E-state index in [2.05, 4.69) is 27.4 Å². The Morgan fingerprint density at radius 1 is 1.32 bits per heavy atom. The normalized spacial score (nSPS) is 11.7. The Kier molecular flexibility index (Phi) is 4.95. The molecular weight excluding hydrogens is 300 g/mol. The Balaban J connectivity index is 2.15. The Morgan fingerprint density at radius 3 is 2.64 bits per heavy atom. The van der Waals surface area contributed by atoms with E-state index >= 15 is 0 Å². The summed E-state index contributed by atoms with van der Waals surface area (Å²) in [5.41, 5.74) is 0.0602. The molecule has 0 aliphatic carbocycles. The smallest absolute Gasteiger partial charge is 0.264 e. The number of aryl methyl sites for hydroxylation is 3. The highest BCUT2D eigenvalue weighted by Gasteiger charge is 2.30. The summed E-state index contributed by atoms with van der Waals surface area (Å²) in [7, 11) is 0. The molecule has 0 saturated carbocycles. The predicted molar refractivity (Wildman–Crippen MR) is 85.0 cm³/mol. The van der Waals surface area contributed by atoms with E-state index in [1.54, 1.807) is 0 Å². The molecule has 2 heterocycles. The molecule has 0 saturated heterocycles. The molecule has 1 N–H and O–H groups in total. The van der Waals surface area contributed by atoms with E-state index < -0.39 is 5.54 Å². The lowest BCUT2D eigenvalue weighted by Gasteiger charge is -2.21. The van der Waals surface area contributed by atoms with Crippen molar-refractivity contribution in [3.05, 3.63) is 27.3 Å². The fourth-order valence-electron chi connectivity index (χ4n) is 2.03. The second-order valence-corrected chi connectivity index (χ2v) is 6.80. The molecule has 6 nitrogen and oxygen atoms in total. The fourth-order valence-corrected chi connectivity index (χ4v) is 2.93. The van der Waals surface area contributed by atoms with Gasteiger partial charge in [0.15, 0.2) is 5.82 Å². The van der Waals surface area contributed by atoms with E-state index in [0.717, 1.165) is 30.0 Å². The van der Waals surface area contributed by atoms with E-state index in [-0.39, 0.29) is 5.91 Å². The number of hydrogen-bond acceptors (Lipinski definition) is 6. The van der Waals surface area contributed by atoms with Crippen molar-refractivity contribution < 1.29 is 9.32 Å². The Labute approximate surface area is 134 Å². The van der Waals surface area contributed by atoms with Crippen LogP contribution in [0.25, 0.3) is 0 Å². The molecule has 0 radical (unpaired) electrons. The third-order valence-electron chi connectivity index (χ3n) is 3.27. The molecule has 22 heavy (non-hydrogen) atoms. The molecule has 2 aromatic heterocycles. The highest BCUT2D eigenvalue weighted by Crippen LogP contribution is 2.22. The monoisotopic (exact) mass is 322 g/mol. The SMILES string of the molecule is CCCc1nc(C(C)(C)NC(=O)c2sc(CC)nc2C)no1. The van der Waals surface area contributed by atoms with Crippen molar-refractivity contribution in [2.75, 3.05) is 0 Å². The van der Waals surface area contributed by atoms with Crippen LogP contribution < -0.4 is 5.32 Å². The van der Waals surface area contributed by atoms with Gasteiger partial charge in [-0.2, -0.15) is 4.98 Å². The van der Waals surface area contributed by atoms with Gasteiger partial charge < -0.3 is 9.84 Å². The summed E-state index contributed by atoms with van der Waals surface area (Å²) in [4.78, 5) is 21.9. The molecule has 0 aliphatic heterocycles. The molecule has 2 rings (SSSR count). The molecule has 0 bridgehead atoms. The maximum absolute atomic E-state index is 12.5. The molecular formula is C15H22N4O2S. The van der Waals surface area contributed by atoms with Crippen molar-refractivity contribution in [2.24, 2.45) is 0 Å². The van der Waals surface area contributed by atoms with Crippen LogP contribution in [0.15, 0.2) is 4.52 Å². The van der Waals surface area contributed by atoms with E-state index in [1.807, 2.05) is 27.7 Å². The van der Waals surface area contributed by atoms with Crippen molar-refractivity contribution in [3.8, 4) is 0 Å². The number of hydrogen-bond donors (Lipinski definition) is 1. The zero-order valence-corrected chi connectivity index (χ0v) is 14.5. The Morgan fingerprint density at radius 2 is 2.05 bits per heavy atom. The maximum atomic E-state index is 12.5. The Bertz CT molecular complexity index is 660. The average Bonchev–Trinajstić information content (AvgIpc) is 3.05. The summed E-state index contributed by atoms with van der Waals surface area (Å²) < 4.78 is 5.20. The molecule has 0 aliphatic rings. The second kappa shape index (κ2) is 6.56. The van der Waals surface area contributed by atoms with E-state index in [1.165, 1.54) is 11.3 Å². The topological polar surface area (TPSA) is 80.9 Å². The molecule has 7 heteroatoms. The molecule has 0 spiro atoms. The van der Waals surface area contributed by atoms with Crippen LogP contribution >= 0.6 is 11.3 Å². The lowest BCUT2D eigenvalue weighted by atomic mass is 10.0. The van der Waals surface area contributed by atoms with Crippen molar-refractivity contribution in [1.29, 1.82) is 0 Å². The van der Waals surface area contributed by atoms with Gasteiger partial charge in [0.2, 0.25) is 5.89 Å². The summed E-state index contributed by atoms with van der Waals surface area (Å²) in [6, 6.07) is 0. The molecule has 0 fully saturated rings. The van der Waals surface area contributed by atoms with Crippen LogP contribution in [-0.4, -0.2) is 21.0 Å². The lowest BCUT2D eigenvalue weighted by Crippen LogP contribution is -2.41. The zero-order valence-electron chi connectivity index (χ0n) is 13.7. The highest BCUT2D eigenvalue weighted by molar-refractivity contribution is 7.13. The van der Waals surface area contributed by atoms with Gasteiger partial charge in [-0.3, -0.25) is 4.79 Å². The number of carbonyl (C=O) groups excluding carboxylic acids is 1. The first-order valence-electron chi connectivity index (χ1n) is 7.49. The van der Waals surface area contributed by atoms with E-state index in [0.29, 0.717) is 16.6 Å². The summed E-state index contributed by atoms with van der Waals surface area (Å²) >= 11 is 1.43. The first-order chi connectivity index (χ1) is 10.4. The van der Waals surface area contributed by atoms with Crippen molar-refractivity contribution in [2.45, 2.75) is 59.4 Å². The first kappa shape index (κ1) is 16.6. The highest BCUT2D eigenvalue weighted by atomic mass is 32.1. The van der Waals surface area contributed by atoms with Crippen LogP contribution in [0.3, 0.4) is 0 Å². The van der Waals surface area contributed by atoms with Gasteiger partial charge in [0.25, 0.3) is 5.91 Å². The van der Waals surface area contributed by atoms with Crippen molar-refractivity contribution >= 4 is 17.2 Å². The number of rotatable bonds is 6. The standard InChI is InChI=1S/C15H22N4O2S/c1-6-8-10-17-14(19-21-10)15(4,5)18-13(20)12-9(3)16-11(7-2)22-12/h6-8H2,1-5H3,(H,18,20). The first-order valence-corrected chi connectivity index (χ1v) is 8.30. The number of thiazole rings is 1. The van der Waals surface area contributed by atoms with Gasteiger partial charge in [-0.15, -0.1) is 11.3 Å². The molecule has 2 aromatic rings. The van der Waals surface area contributed by atoms with Gasteiger partial charge in [0, 0.05) is 6.42 Å². The number of nitrogens with zero attached hydrogens (tertiary/aromatic N) is 3. The maximum Gasteiger partial charge on any atom is 0.264 e. The number of aromatic nitrogens is 3. The average molecular weight is 322 g/mol. The lowest BCUT2D eigenvalue weighted by molar-refractivity contribution is 0.0911.